The zero-order valence-corrected chi connectivity index (χ0v) is 11.1. The van der Waals surface area contributed by atoms with Crippen LogP contribution in [-0.2, 0) is 14.3 Å². The van der Waals surface area contributed by atoms with Crippen LogP contribution in [0, 0.1) is 5.92 Å². The number of carbonyl (C=O) groups excluding carboxylic acids is 2. The molecule has 5 nitrogen and oxygen atoms in total. The van der Waals surface area contributed by atoms with Gasteiger partial charge in [0.15, 0.2) is 0 Å². The van der Waals surface area contributed by atoms with E-state index in [0.29, 0.717) is 26.1 Å². The van der Waals surface area contributed by atoms with E-state index in [1.165, 1.54) is 0 Å². The van der Waals surface area contributed by atoms with Gasteiger partial charge in [-0.3, -0.25) is 9.59 Å². The van der Waals surface area contributed by atoms with Crippen molar-refractivity contribution in [3.8, 4) is 0 Å². The summed E-state index contributed by atoms with van der Waals surface area (Å²) in [6, 6.07) is 0. The minimum absolute atomic E-state index is 0.0363. The number of nitrogens with zero attached hydrogens (tertiary/aromatic N) is 1. The molecule has 0 aromatic carbocycles. The van der Waals surface area contributed by atoms with Crippen molar-refractivity contribution in [2.24, 2.45) is 5.92 Å². The molecule has 2 amide bonds. The van der Waals surface area contributed by atoms with Crippen LogP contribution in [-0.4, -0.2) is 49.1 Å². The summed E-state index contributed by atoms with van der Waals surface area (Å²) in [6.45, 7) is 7.39. The zero-order valence-electron chi connectivity index (χ0n) is 11.1. The van der Waals surface area contributed by atoms with Crippen molar-refractivity contribution in [2.75, 3.05) is 26.8 Å². The highest BCUT2D eigenvalue weighted by Crippen LogP contribution is 2.18. The second kappa shape index (κ2) is 5.49. The fourth-order valence-electron chi connectivity index (χ4n) is 1.84. The van der Waals surface area contributed by atoms with Gasteiger partial charge in [0.1, 0.15) is 0 Å². The van der Waals surface area contributed by atoms with Gasteiger partial charge in [-0.25, -0.2) is 0 Å². The lowest BCUT2D eigenvalue weighted by atomic mass is 10.0. The van der Waals surface area contributed by atoms with Crippen molar-refractivity contribution in [2.45, 2.75) is 32.7 Å². The molecule has 1 N–H and O–H groups in total. The van der Waals surface area contributed by atoms with Gasteiger partial charge < -0.3 is 15.0 Å². The molecule has 1 fully saturated rings. The molecular formula is C12H22N2O3. The van der Waals surface area contributed by atoms with Crippen molar-refractivity contribution in [3.63, 3.8) is 0 Å². The van der Waals surface area contributed by atoms with Crippen molar-refractivity contribution >= 4 is 11.8 Å². The van der Waals surface area contributed by atoms with E-state index in [4.69, 9.17) is 4.74 Å². The average Bonchev–Trinajstić information content (AvgIpc) is 2.54. The monoisotopic (exact) mass is 242 g/mol. The Bertz CT molecular complexity index is 297. The van der Waals surface area contributed by atoms with E-state index in [1.54, 1.807) is 12.0 Å². The third-order valence-corrected chi connectivity index (χ3v) is 2.65. The molecule has 1 saturated heterocycles. The van der Waals surface area contributed by atoms with E-state index in [-0.39, 0.29) is 23.3 Å². The summed E-state index contributed by atoms with van der Waals surface area (Å²) < 4.78 is 4.93. The number of ether oxygens (including phenoxy) is 1. The number of rotatable bonds is 4. The maximum absolute atomic E-state index is 11.9. The van der Waals surface area contributed by atoms with Gasteiger partial charge in [0.2, 0.25) is 11.8 Å². The normalized spacial score (nSPS) is 20.8. The van der Waals surface area contributed by atoms with Gasteiger partial charge in [-0.05, 0) is 20.8 Å². The molecular weight excluding hydrogens is 220 g/mol. The lowest BCUT2D eigenvalue weighted by Gasteiger charge is -2.23. The Hall–Kier alpha value is -1.10. The molecule has 1 aliphatic rings. The molecule has 1 heterocycles. The molecule has 0 spiro atoms. The van der Waals surface area contributed by atoms with Gasteiger partial charge in [0.05, 0.1) is 12.5 Å². The molecule has 0 unspecified atom stereocenters. The van der Waals surface area contributed by atoms with Crippen LogP contribution in [0.15, 0.2) is 0 Å². The number of carbonyl (C=O) groups is 2. The highest BCUT2D eigenvalue weighted by molar-refractivity contribution is 5.89. The molecule has 1 aliphatic heterocycles. The van der Waals surface area contributed by atoms with Crippen LogP contribution in [0.4, 0.5) is 0 Å². The highest BCUT2D eigenvalue weighted by Gasteiger charge is 2.34. The largest absolute Gasteiger partial charge is 0.383 e. The number of hydrogen-bond acceptors (Lipinski definition) is 3. The van der Waals surface area contributed by atoms with Crippen molar-refractivity contribution in [1.82, 2.24) is 10.2 Å². The van der Waals surface area contributed by atoms with Gasteiger partial charge in [-0.2, -0.15) is 0 Å². The first-order valence-electron chi connectivity index (χ1n) is 5.92. The summed E-state index contributed by atoms with van der Waals surface area (Å²) in [5, 5.41) is 2.91. The van der Waals surface area contributed by atoms with Crippen molar-refractivity contribution in [1.29, 1.82) is 0 Å². The van der Waals surface area contributed by atoms with Crippen LogP contribution < -0.4 is 5.32 Å². The summed E-state index contributed by atoms with van der Waals surface area (Å²) in [4.78, 5) is 25.2. The smallest absolute Gasteiger partial charge is 0.225 e. The lowest BCUT2D eigenvalue weighted by molar-refractivity contribution is -0.129. The standard InChI is InChI=1S/C12H22N2O3/c1-12(2,3)13-11(16)9-7-10(15)14(8-9)5-6-17-4/h9H,5-8H2,1-4H3,(H,13,16)/t9-/m0/s1. The van der Waals surface area contributed by atoms with Gasteiger partial charge in [-0.1, -0.05) is 0 Å². The fraction of sp³-hybridized carbons (Fsp3) is 0.833. The number of methoxy groups -OCH3 is 1. The van der Waals surface area contributed by atoms with E-state index in [1.807, 2.05) is 20.8 Å². The minimum atomic E-state index is -0.250. The third-order valence-electron chi connectivity index (χ3n) is 2.65. The molecule has 17 heavy (non-hydrogen) atoms. The number of likely N-dealkylation sites (tertiary alicyclic amines) is 1. The first kappa shape index (κ1) is 14.0. The molecule has 0 bridgehead atoms. The predicted molar refractivity (Wildman–Crippen MR) is 64.5 cm³/mol. The molecule has 0 saturated carbocycles. The molecule has 0 aliphatic carbocycles. The Morgan fingerprint density at radius 3 is 2.71 bits per heavy atom. The number of nitrogens with one attached hydrogen (secondary N) is 1. The fourth-order valence-corrected chi connectivity index (χ4v) is 1.84. The summed E-state index contributed by atoms with van der Waals surface area (Å²) in [7, 11) is 1.60. The number of hydrogen-bond donors (Lipinski definition) is 1. The second-order valence-corrected chi connectivity index (χ2v) is 5.47. The van der Waals surface area contributed by atoms with Crippen molar-refractivity contribution in [3.05, 3.63) is 0 Å². The van der Waals surface area contributed by atoms with Crippen LogP contribution in [0.25, 0.3) is 0 Å². The second-order valence-electron chi connectivity index (χ2n) is 5.47. The summed E-state index contributed by atoms with van der Waals surface area (Å²) >= 11 is 0. The SMILES string of the molecule is COCCN1C[C@@H](C(=O)NC(C)(C)C)CC1=O. The van der Waals surface area contributed by atoms with Gasteiger partial charge in [0.25, 0.3) is 0 Å². The van der Waals surface area contributed by atoms with Gasteiger partial charge >= 0.3 is 0 Å². The molecule has 1 rings (SSSR count). The van der Waals surface area contributed by atoms with E-state index in [0.717, 1.165) is 0 Å². The van der Waals surface area contributed by atoms with E-state index >= 15 is 0 Å². The molecule has 0 aromatic heterocycles. The molecule has 5 heteroatoms. The minimum Gasteiger partial charge on any atom is -0.383 e. The number of amides is 2. The maximum Gasteiger partial charge on any atom is 0.225 e. The highest BCUT2D eigenvalue weighted by atomic mass is 16.5. The lowest BCUT2D eigenvalue weighted by Crippen LogP contribution is -2.44. The van der Waals surface area contributed by atoms with E-state index in [2.05, 4.69) is 5.32 Å². The van der Waals surface area contributed by atoms with Crippen LogP contribution in [0.5, 0.6) is 0 Å². The average molecular weight is 242 g/mol. The predicted octanol–water partition coefficient (Wildman–Crippen LogP) is 0.396. The Kier molecular flexibility index (Phi) is 4.51. The van der Waals surface area contributed by atoms with E-state index in [9.17, 15) is 9.59 Å². The van der Waals surface area contributed by atoms with Crippen LogP contribution in [0.2, 0.25) is 0 Å². The van der Waals surface area contributed by atoms with E-state index < -0.39 is 0 Å². The summed E-state index contributed by atoms with van der Waals surface area (Å²) in [5.41, 5.74) is -0.250. The topological polar surface area (TPSA) is 58.6 Å². The summed E-state index contributed by atoms with van der Waals surface area (Å²) in [6.07, 6.45) is 0.311. The summed E-state index contributed by atoms with van der Waals surface area (Å²) in [5.74, 6) is -0.222. The van der Waals surface area contributed by atoms with Gasteiger partial charge in [-0.15, -0.1) is 0 Å². The first-order valence-corrected chi connectivity index (χ1v) is 5.92. The quantitative estimate of drug-likeness (QED) is 0.776. The van der Waals surface area contributed by atoms with Crippen LogP contribution in [0.1, 0.15) is 27.2 Å². The molecule has 98 valence electrons. The van der Waals surface area contributed by atoms with Crippen molar-refractivity contribution < 1.29 is 14.3 Å². The molecule has 0 radical (unpaired) electrons. The molecule has 1 atom stereocenters. The zero-order chi connectivity index (χ0) is 13.1. The molecule has 0 aromatic rings. The Morgan fingerprint density at radius 1 is 1.53 bits per heavy atom. The third kappa shape index (κ3) is 4.34. The van der Waals surface area contributed by atoms with Crippen LogP contribution >= 0.6 is 0 Å². The van der Waals surface area contributed by atoms with Crippen LogP contribution in [0.3, 0.4) is 0 Å². The Balaban J connectivity index is 2.48. The Morgan fingerprint density at radius 2 is 2.18 bits per heavy atom. The first-order chi connectivity index (χ1) is 7.83. The Labute approximate surface area is 102 Å². The maximum atomic E-state index is 11.9. The van der Waals surface area contributed by atoms with Gasteiger partial charge in [0, 0.05) is 32.2 Å².